The Bertz CT molecular complexity index is 821. The summed E-state index contributed by atoms with van der Waals surface area (Å²) in [6, 6.07) is 11.6. The summed E-state index contributed by atoms with van der Waals surface area (Å²) in [4.78, 5) is 28.4. The van der Waals surface area contributed by atoms with Gasteiger partial charge in [0.25, 0.3) is 0 Å². The number of benzene rings is 1. The summed E-state index contributed by atoms with van der Waals surface area (Å²) in [6.07, 6.45) is 1.25. The maximum Gasteiger partial charge on any atom is 0.409 e. The van der Waals surface area contributed by atoms with E-state index in [2.05, 4.69) is 5.16 Å². The van der Waals surface area contributed by atoms with Crippen LogP contribution in [0.4, 0.5) is 4.79 Å². The van der Waals surface area contributed by atoms with E-state index in [9.17, 15) is 9.59 Å². The van der Waals surface area contributed by atoms with Gasteiger partial charge in [-0.2, -0.15) is 0 Å². The topological polar surface area (TPSA) is 75.9 Å². The first-order valence-electron chi connectivity index (χ1n) is 9.38. The van der Waals surface area contributed by atoms with E-state index in [1.807, 2.05) is 41.3 Å². The Morgan fingerprint density at radius 3 is 2.41 bits per heavy atom. The van der Waals surface area contributed by atoms with E-state index in [1.54, 1.807) is 11.8 Å². The Hall–Kier alpha value is -2.83. The van der Waals surface area contributed by atoms with Crippen molar-refractivity contribution in [2.45, 2.75) is 25.2 Å². The quantitative estimate of drug-likeness (QED) is 0.828. The number of rotatable bonds is 4. The molecule has 2 aromatic rings. The Morgan fingerprint density at radius 1 is 1.11 bits per heavy atom. The number of ether oxygens (including phenoxy) is 1. The van der Waals surface area contributed by atoms with Crippen LogP contribution in [0.2, 0.25) is 0 Å². The smallest absolute Gasteiger partial charge is 0.409 e. The van der Waals surface area contributed by atoms with Gasteiger partial charge in [-0.05, 0) is 19.8 Å². The highest BCUT2D eigenvalue weighted by atomic mass is 16.6. The van der Waals surface area contributed by atoms with E-state index in [4.69, 9.17) is 9.26 Å². The Morgan fingerprint density at radius 2 is 1.78 bits per heavy atom. The SMILES string of the molecule is CCOC(=O)N1CCN(C(=O)C2(c3cc(-c4ccccc4)on3)CC2)CC1. The molecular formula is C20H23N3O4. The molecule has 1 saturated heterocycles. The van der Waals surface area contributed by atoms with Crippen LogP contribution in [0.25, 0.3) is 11.3 Å². The number of hydrogen-bond donors (Lipinski definition) is 0. The minimum Gasteiger partial charge on any atom is -0.450 e. The molecule has 1 aliphatic carbocycles. The first-order chi connectivity index (χ1) is 13.1. The molecule has 2 fully saturated rings. The van der Waals surface area contributed by atoms with Crippen molar-refractivity contribution >= 4 is 12.0 Å². The third-order valence-corrected chi connectivity index (χ3v) is 5.31. The van der Waals surface area contributed by atoms with Gasteiger partial charge in [0.2, 0.25) is 5.91 Å². The average molecular weight is 369 g/mol. The van der Waals surface area contributed by atoms with Crippen molar-refractivity contribution in [1.82, 2.24) is 15.0 Å². The fraction of sp³-hybridized carbons (Fsp3) is 0.450. The second kappa shape index (κ2) is 7.06. The third-order valence-electron chi connectivity index (χ3n) is 5.31. The van der Waals surface area contributed by atoms with Crippen molar-refractivity contribution < 1.29 is 18.8 Å². The van der Waals surface area contributed by atoms with E-state index in [0.717, 1.165) is 18.4 Å². The molecular weight excluding hydrogens is 346 g/mol. The Balaban J connectivity index is 1.44. The molecule has 142 valence electrons. The van der Waals surface area contributed by atoms with Crippen LogP contribution in [0.3, 0.4) is 0 Å². The number of piperazine rings is 1. The minimum atomic E-state index is -0.567. The molecule has 4 rings (SSSR count). The van der Waals surface area contributed by atoms with Gasteiger partial charge in [-0.25, -0.2) is 4.79 Å². The van der Waals surface area contributed by atoms with E-state index in [1.165, 1.54) is 0 Å². The number of carbonyl (C=O) groups is 2. The molecule has 0 N–H and O–H groups in total. The van der Waals surface area contributed by atoms with Crippen LogP contribution in [-0.4, -0.2) is 59.7 Å². The van der Waals surface area contributed by atoms with Gasteiger partial charge in [-0.15, -0.1) is 0 Å². The van der Waals surface area contributed by atoms with Crippen LogP contribution < -0.4 is 0 Å². The lowest BCUT2D eigenvalue weighted by Crippen LogP contribution is -2.53. The van der Waals surface area contributed by atoms with Gasteiger partial charge >= 0.3 is 6.09 Å². The van der Waals surface area contributed by atoms with Gasteiger partial charge in [-0.1, -0.05) is 35.5 Å². The van der Waals surface area contributed by atoms with Crippen LogP contribution in [0.5, 0.6) is 0 Å². The van der Waals surface area contributed by atoms with Crippen LogP contribution in [0, 0.1) is 0 Å². The summed E-state index contributed by atoms with van der Waals surface area (Å²) in [7, 11) is 0. The molecule has 0 radical (unpaired) electrons. The summed E-state index contributed by atoms with van der Waals surface area (Å²) in [5.41, 5.74) is 1.09. The van der Waals surface area contributed by atoms with Crippen LogP contribution in [0.1, 0.15) is 25.5 Å². The third kappa shape index (κ3) is 3.29. The summed E-state index contributed by atoms with van der Waals surface area (Å²) in [5, 5.41) is 4.20. The normalized spacial score (nSPS) is 18.3. The van der Waals surface area contributed by atoms with Crippen molar-refractivity contribution in [2.24, 2.45) is 0 Å². The van der Waals surface area contributed by atoms with E-state index >= 15 is 0 Å². The number of nitrogens with zero attached hydrogens (tertiary/aromatic N) is 3. The standard InChI is InChI=1S/C20H23N3O4/c1-2-26-19(25)23-12-10-22(11-13-23)18(24)20(8-9-20)17-14-16(27-21-17)15-6-4-3-5-7-15/h3-7,14H,2,8-13H2,1H3. The Labute approximate surface area is 157 Å². The lowest BCUT2D eigenvalue weighted by atomic mass is 9.99. The van der Waals surface area contributed by atoms with Crippen molar-refractivity contribution in [2.75, 3.05) is 32.8 Å². The maximum absolute atomic E-state index is 13.1. The summed E-state index contributed by atoms with van der Waals surface area (Å²) < 4.78 is 10.5. The molecule has 1 aliphatic heterocycles. The number of hydrogen-bond acceptors (Lipinski definition) is 5. The number of aromatic nitrogens is 1. The zero-order chi connectivity index (χ0) is 18.9. The van der Waals surface area contributed by atoms with E-state index < -0.39 is 5.41 Å². The van der Waals surface area contributed by atoms with Crippen LogP contribution >= 0.6 is 0 Å². The van der Waals surface area contributed by atoms with Gasteiger partial charge in [0.1, 0.15) is 0 Å². The van der Waals surface area contributed by atoms with E-state index in [0.29, 0.717) is 44.2 Å². The molecule has 2 heterocycles. The highest BCUT2D eigenvalue weighted by molar-refractivity contribution is 5.91. The van der Waals surface area contributed by atoms with Crippen molar-refractivity contribution in [3.8, 4) is 11.3 Å². The molecule has 0 spiro atoms. The first-order valence-corrected chi connectivity index (χ1v) is 9.38. The zero-order valence-corrected chi connectivity index (χ0v) is 15.4. The molecule has 0 unspecified atom stereocenters. The van der Waals surface area contributed by atoms with Crippen molar-refractivity contribution in [3.05, 3.63) is 42.1 Å². The fourth-order valence-corrected chi connectivity index (χ4v) is 3.55. The highest BCUT2D eigenvalue weighted by Crippen LogP contribution is 2.49. The lowest BCUT2D eigenvalue weighted by Gasteiger charge is -2.35. The van der Waals surface area contributed by atoms with E-state index in [-0.39, 0.29) is 12.0 Å². The molecule has 7 heteroatoms. The second-order valence-electron chi connectivity index (χ2n) is 7.00. The predicted molar refractivity (Wildman–Crippen MR) is 98.0 cm³/mol. The Kier molecular flexibility index (Phi) is 4.59. The zero-order valence-electron chi connectivity index (χ0n) is 15.4. The van der Waals surface area contributed by atoms with Gasteiger partial charge in [0, 0.05) is 37.8 Å². The molecule has 1 aromatic carbocycles. The summed E-state index contributed by atoms with van der Waals surface area (Å²) >= 11 is 0. The van der Waals surface area contributed by atoms with Gasteiger partial charge < -0.3 is 19.1 Å². The van der Waals surface area contributed by atoms with Crippen molar-refractivity contribution in [1.29, 1.82) is 0 Å². The molecule has 1 aromatic heterocycles. The summed E-state index contributed by atoms with van der Waals surface area (Å²) in [6.45, 7) is 4.17. The molecule has 27 heavy (non-hydrogen) atoms. The fourth-order valence-electron chi connectivity index (χ4n) is 3.55. The monoisotopic (exact) mass is 369 g/mol. The largest absolute Gasteiger partial charge is 0.450 e. The van der Waals surface area contributed by atoms with Gasteiger partial charge in [0.15, 0.2) is 5.76 Å². The molecule has 0 bridgehead atoms. The second-order valence-corrected chi connectivity index (χ2v) is 7.00. The number of carbonyl (C=O) groups excluding carboxylic acids is 2. The maximum atomic E-state index is 13.1. The molecule has 7 nitrogen and oxygen atoms in total. The first kappa shape index (κ1) is 17.6. The predicted octanol–water partition coefficient (Wildman–Crippen LogP) is 2.67. The average Bonchev–Trinajstić information content (AvgIpc) is 3.37. The van der Waals surface area contributed by atoms with Crippen LogP contribution in [0.15, 0.2) is 40.9 Å². The molecule has 1 saturated carbocycles. The highest BCUT2D eigenvalue weighted by Gasteiger charge is 2.55. The van der Waals surface area contributed by atoms with Gasteiger partial charge in [-0.3, -0.25) is 4.79 Å². The van der Waals surface area contributed by atoms with Crippen LogP contribution in [-0.2, 0) is 14.9 Å². The molecule has 2 aliphatic rings. The lowest BCUT2D eigenvalue weighted by molar-refractivity contribution is -0.135. The molecule has 2 amide bonds. The number of amides is 2. The van der Waals surface area contributed by atoms with Gasteiger partial charge in [0.05, 0.1) is 17.7 Å². The van der Waals surface area contributed by atoms with Crippen molar-refractivity contribution in [3.63, 3.8) is 0 Å². The minimum absolute atomic E-state index is 0.0823. The summed E-state index contributed by atoms with van der Waals surface area (Å²) in [5.74, 6) is 0.760. The molecule has 0 atom stereocenters.